The number of rotatable bonds is 6. The van der Waals surface area contributed by atoms with Crippen LogP contribution in [-0.2, 0) is 4.79 Å². The minimum atomic E-state index is -0.576. The number of hydrogen-bond acceptors (Lipinski definition) is 3. The highest BCUT2D eigenvalue weighted by Crippen LogP contribution is 2.16. The maximum Gasteiger partial charge on any atom is 0.315 e. The Bertz CT molecular complexity index is 714. The SMILES string of the molecule is CCN(C)C(=O)[C@H](C)NC(=O)N[C@H](C)c1cccc(-n2cccn2)c1. The van der Waals surface area contributed by atoms with E-state index < -0.39 is 6.04 Å². The lowest BCUT2D eigenvalue weighted by atomic mass is 10.1. The Morgan fingerprint density at radius 3 is 2.64 bits per heavy atom. The molecular weight excluding hydrogens is 318 g/mol. The zero-order valence-electron chi connectivity index (χ0n) is 15.1. The van der Waals surface area contributed by atoms with Crippen molar-refractivity contribution >= 4 is 11.9 Å². The van der Waals surface area contributed by atoms with E-state index in [2.05, 4.69) is 15.7 Å². The molecule has 1 heterocycles. The predicted molar refractivity (Wildman–Crippen MR) is 96.4 cm³/mol. The molecular formula is C18H25N5O2. The molecule has 2 atom stereocenters. The molecule has 0 spiro atoms. The molecule has 0 unspecified atom stereocenters. The van der Waals surface area contributed by atoms with Gasteiger partial charge in [0, 0.05) is 26.0 Å². The number of hydrogen-bond donors (Lipinski definition) is 2. The van der Waals surface area contributed by atoms with Crippen molar-refractivity contribution in [3.63, 3.8) is 0 Å². The number of benzene rings is 1. The highest BCUT2D eigenvalue weighted by Gasteiger charge is 2.19. The number of likely N-dealkylation sites (N-methyl/N-ethyl adjacent to an activating group) is 1. The molecule has 0 radical (unpaired) electrons. The molecule has 134 valence electrons. The number of carbonyl (C=O) groups is 2. The van der Waals surface area contributed by atoms with Gasteiger partial charge in [0.1, 0.15) is 6.04 Å². The first-order valence-corrected chi connectivity index (χ1v) is 8.34. The van der Waals surface area contributed by atoms with Gasteiger partial charge in [-0.25, -0.2) is 9.48 Å². The number of urea groups is 1. The van der Waals surface area contributed by atoms with Gasteiger partial charge in [0.2, 0.25) is 5.91 Å². The molecule has 2 N–H and O–H groups in total. The van der Waals surface area contributed by atoms with Crippen LogP contribution in [0, 0.1) is 0 Å². The van der Waals surface area contributed by atoms with E-state index in [-0.39, 0.29) is 18.0 Å². The predicted octanol–water partition coefficient (Wildman–Crippen LogP) is 2.10. The van der Waals surface area contributed by atoms with Crippen LogP contribution in [0.3, 0.4) is 0 Å². The van der Waals surface area contributed by atoms with Crippen LogP contribution < -0.4 is 10.6 Å². The van der Waals surface area contributed by atoms with Gasteiger partial charge in [0.05, 0.1) is 11.7 Å². The van der Waals surface area contributed by atoms with E-state index in [1.165, 1.54) is 0 Å². The molecule has 0 fully saturated rings. The normalized spacial score (nSPS) is 13.0. The molecule has 0 aliphatic heterocycles. The zero-order chi connectivity index (χ0) is 18.4. The third-order valence-electron chi connectivity index (χ3n) is 4.06. The fourth-order valence-electron chi connectivity index (χ4n) is 2.42. The monoisotopic (exact) mass is 343 g/mol. The summed E-state index contributed by atoms with van der Waals surface area (Å²) < 4.78 is 1.76. The summed E-state index contributed by atoms with van der Waals surface area (Å²) in [5, 5.41) is 9.75. The summed E-state index contributed by atoms with van der Waals surface area (Å²) in [6.45, 7) is 6.06. The number of nitrogens with one attached hydrogen (secondary N) is 2. The second kappa shape index (κ2) is 8.32. The summed E-state index contributed by atoms with van der Waals surface area (Å²) in [4.78, 5) is 25.7. The summed E-state index contributed by atoms with van der Waals surface area (Å²) in [7, 11) is 1.71. The second-order valence-corrected chi connectivity index (χ2v) is 5.96. The Labute approximate surface area is 148 Å². The lowest BCUT2D eigenvalue weighted by Gasteiger charge is -2.22. The smallest absolute Gasteiger partial charge is 0.315 e. The number of nitrogens with zero attached hydrogens (tertiary/aromatic N) is 3. The summed E-state index contributed by atoms with van der Waals surface area (Å²) >= 11 is 0. The van der Waals surface area contributed by atoms with E-state index in [1.54, 1.807) is 29.7 Å². The Balaban J connectivity index is 1.97. The molecule has 0 bridgehead atoms. The summed E-state index contributed by atoms with van der Waals surface area (Å²) in [6, 6.07) is 8.48. The lowest BCUT2D eigenvalue weighted by Crippen LogP contribution is -2.49. The van der Waals surface area contributed by atoms with Gasteiger partial charge in [-0.2, -0.15) is 5.10 Å². The maximum absolute atomic E-state index is 12.2. The Morgan fingerprint density at radius 2 is 2.00 bits per heavy atom. The van der Waals surface area contributed by atoms with Crippen LogP contribution in [0.15, 0.2) is 42.7 Å². The lowest BCUT2D eigenvalue weighted by molar-refractivity contribution is -0.131. The number of carbonyl (C=O) groups excluding carboxylic acids is 2. The molecule has 7 nitrogen and oxygen atoms in total. The van der Waals surface area contributed by atoms with E-state index in [0.717, 1.165) is 11.3 Å². The van der Waals surface area contributed by atoms with Gasteiger partial charge >= 0.3 is 6.03 Å². The molecule has 2 rings (SSSR count). The van der Waals surface area contributed by atoms with Crippen molar-refractivity contribution in [3.05, 3.63) is 48.3 Å². The molecule has 0 aliphatic rings. The Morgan fingerprint density at radius 1 is 1.24 bits per heavy atom. The van der Waals surface area contributed by atoms with Gasteiger partial charge in [-0.1, -0.05) is 12.1 Å². The summed E-state index contributed by atoms with van der Waals surface area (Å²) in [6.07, 6.45) is 3.58. The average Bonchev–Trinajstić information content (AvgIpc) is 3.14. The van der Waals surface area contributed by atoms with Crippen LogP contribution in [-0.4, -0.2) is 46.3 Å². The molecule has 0 aliphatic carbocycles. The van der Waals surface area contributed by atoms with Crippen LogP contribution in [0.25, 0.3) is 5.69 Å². The minimum Gasteiger partial charge on any atom is -0.344 e. The van der Waals surface area contributed by atoms with Crippen molar-refractivity contribution in [1.82, 2.24) is 25.3 Å². The van der Waals surface area contributed by atoms with Crippen molar-refractivity contribution in [2.24, 2.45) is 0 Å². The van der Waals surface area contributed by atoms with Crippen LogP contribution >= 0.6 is 0 Å². The zero-order valence-corrected chi connectivity index (χ0v) is 15.1. The highest BCUT2D eigenvalue weighted by molar-refractivity contribution is 5.86. The van der Waals surface area contributed by atoms with Gasteiger partial charge in [-0.3, -0.25) is 4.79 Å². The first kappa shape index (κ1) is 18.5. The summed E-state index contributed by atoms with van der Waals surface area (Å²) in [5.74, 6) is -0.119. The van der Waals surface area contributed by atoms with Crippen molar-refractivity contribution in [3.8, 4) is 5.69 Å². The molecule has 1 aromatic heterocycles. The molecule has 7 heteroatoms. The van der Waals surface area contributed by atoms with E-state index >= 15 is 0 Å². The minimum absolute atomic E-state index is 0.119. The first-order valence-electron chi connectivity index (χ1n) is 8.34. The second-order valence-electron chi connectivity index (χ2n) is 5.96. The van der Waals surface area contributed by atoms with Gasteiger partial charge in [-0.05, 0) is 44.5 Å². The van der Waals surface area contributed by atoms with Crippen molar-refractivity contribution < 1.29 is 9.59 Å². The van der Waals surface area contributed by atoms with Crippen molar-refractivity contribution in [2.75, 3.05) is 13.6 Å². The van der Waals surface area contributed by atoms with E-state index in [4.69, 9.17) is 0 Å². The topological polar surface area (TPSA) is 79.3 Å². The molecule has 1 aromatic carbocycles. The maximum atomic E-state index is 12.2. The molecule has 0 saturated heterocycles. The summed E-state index contributed by atoms with van der Waals surface area (Å²) in [5.41, 5.74) is 1.87. The first-order chi connectivity index (χ1) is 11.9. The average molecular weight is 343 g/mol. The van der Waals surface area contributed by atoms with Gasteiger partial charge in [-0.15, -0.1) is 0 Å². The van der Waals surface area contributed by atoms with Crippen molar-refractivity contribution in [1.29, 1.82) is 0 Å². The van der Waals surface area contributed by atoms with Crippen LogP contribution in [0.1, 0.15) is 32.4 Å². The van der Waals surface area contributed by atoms with E-state index in [0.29, 0.717) is 6.54 Å². The molecule has 0 saturated carbocycles. The molecule has 2 aromatic rings. The fourth-order valence-corrected chi connectivity index (χ4v) is 2.42. The van der Waals surface area contributed by atoms with E-state index in [1.807, 2.05) is 50.4 Å². The number of amides is 3. The fraction of sp³-hybridized carbons (Fsp3) is 0.389. The van der Waals surface area contributed by atoms with Crippen LogP contribution in [0.2, 0.25) is 0 Å². The third-order valence-corrected chi connectivity index (χ3v) is 4.06. The highest BCUT2D eigenvalue weighted by atomic mass is 16.2. The Kier molecular flexibility index (Phi) is 6.16. The van der Waals surface area contributed by atoms with Crippen LogP contribution in [0.4, 0.5) is 4.79 Å². The van der Waals surface area contributed by atoms with Gasteiger partial charge < -0.3 is 15.5 Å². The standard InChI is InChI=1S/C18H25N5O2/c1-5-22(4)17(24)14(3)21-18(25)20-13(2)15-8-6-9-16(12-15)23-11-7-10-19-23/h6-14H,5H2,1-4H3,(H2,20,21,25)/t13-,14+/m1/s1. The van der Waals surface area contributed by atoms with Gasteiger partial charge in [0.25, 0.3) is 0 Å². The third kappa shape index (κ3) is 4.82. The van der Waals surface area contributed by atoms with Crippen LogP contribution in [0.5, 0.6) is 0 Å². The largest absolute Gasteiger partial charge is 0.344 e. The quantitative estimate of drug-likeness (QED) is 0.843. The van der Waals surface area contributed by atoms with Gasteiger partial charge in [0.15, 0.2) is 0 Å². The van der Waals surface area contributed by atoms with E-state index in [9.17, 15) is 9.59 Å². The molecule has 3 amide bonds. The number of aromatic nitrogens is 2. The molecule has 25 heavy (non-hydrogen) atoms. The van der Waals surface area contributed by atoms with Crippen molar-refractivity contribution in [2.45, 2.75) is 32.9 Å². The Hall–Kier alpha value is -2.83.